The van der Waals surface area contributed by atoms with Crippen LogP contribution in [0.1, 0.15) is 5.69 Å². The molecule has 0 radical (unpaired) electrons. The van der Waals surface area contributed by atoms with E-state index in [9.17, 15) is 0 Å². The first-order chi connectivity index (χ1) is 9.22. The zero-order chi connectivity index (χ0) is 13.2. The van der Waals surface area contributed by atoms with Gasteiger partial charge >= 0.3 is 0 Å². The van der Waals surface area contributed by atoms with Crippen molar-refractivity contribution in [3.8, 4) is 11.3 Å². The van der Waals surface area contributed by atoms with Crippen LogP contribution in [0, 0.1) is 6.92 Å². The molecule has 0 bridgehead atoms. The Bertz CT molecular complexity index is 685. The Morgan fingerprint density at radius 2 is 2.00 bits per heavy atom. The summed E-state index contributed by atoms with van der Waals surface area (Å²) in [5.41, 5.74) is 4.10. The molecule has 1 aromatic carbocycles. The summed E-state index contributed by atoms with van der Waals surface area (Å²) < 4.78 is 1.81. The van der Waals surface area contributed by atoms with Crippen molar-refractivity contribution >= 4 is 22.2 Å². The topological polar surface area (TPSA) is 42.7 Å². The van der Waals surface area contributed by atoms with E-state index in [1.54, 1.807) is 11.3 Å². The maximum absolute atomic E-state index is 4.60. The van der Waals surface area contributed by atoms with Gasteiger partial charge < -0.3 is 5.32 Å². The van der Waals surface area contributed by atoms with E-state index in [1.807, 2.05) is 55.2 Å². The van der Waals surface area contributed by atoms with Crippen LogP contribution in [-0.2, 0) is 7.05 Å². The number of aryl methyl sites for hydroxylation is 2. The van der Waals surface area contributed by atoms with Crippen LogP contribution in [-0.4, -0.2) is 14.8 Å². The zero-order valence-corrected chi connectivity index (χ0v) is 11.6. The first-order valence-corrected chi connectivity index (χ1v) is 6.88. The molecule has 0 fully saturated rings. The zero-order valence-electron chi connectivity index (χ0n) is 10.8. The van der Waals surface area contributed by atoms with Crippen LogP contribution in [0.5, 0.6) is 0 Å². The number of thiazole rings is 1. The lowest BCUT2D eigenvalue weighted by Crippen LogP contribution is -1.88. The lowest BCUT2D eigenvalue weighted by molar-refractivity contribution is 0.756. The van der Waals surface area contributed by atoms with E-state index in [-0.39, 0.29) is 0 Å². The van der Waals surface area contributed by atoms with Gasteiger partial charge in [0.15, 0.2) is 5.13 Å². The number of benzene rings is 1. The van der Waals surface area contributed by atoms with Crippen LogP contribution < -0.4 is 5.32 Å². The van der Waals surface area contributed by atoms with Crippen molar-refractivity contribution in [2.75, 3.05) is 5.32 Å². The molecule has 19 heavy (non-hydrogen) atoms. The number of rotatable bonds is 3. The minimum Gasteiger partial charge on any atom is -0.332 e. The van der Waals surface area contributed by atoms with E-state index >= 15 is 0 Å². The second kappa shape index (κ2) is 4.85. The van der Waals surface area contributed by atoms with Gasteiger partial charge in [0.1, 0.15) is 0 Å². The van der Waals surface area contributed by atoms with Gasteiger partial charge in [0.25, 0.3) is 0 Å². The molecule has 3 rings (SSSR count). The predicted molar refractivity (Wildman–Crippen MR) is 78.8 cm³/mol. The molecule has 2 aromatic heterocycles. The quantitative estimate of drug-likeness (QED) is 0.790. The molecule has 0 unspecified atom stereocenters. The molecule has 0 atom stereocenters. The highest BCUT2D eigenvalue weighted by molar-refractivity contribution is 7.14. The van der Waals surface area contributed by atoms with Crippen LogP contribution in [0.4, 0.5) is 10.8 Å². The van der Waals surface area contributed by atoms with Crippen molar-refractivity contribution in [2.24, 2.45) is 7.05 Å². The first-order valence-electron chi connectivity index (χ1n) is 6.00. The van der Waals surface area contributed by atoms with Gasteiger partial charge in [-0.3, -0.25) is 4.68 Å². The average Bonchev–Trinajstić information content (AvgIpc) is 2.97. The van der Waals surface area contributed by atoms with E-state index in [2.05, 4.69) is 20.8 Å². The molecule has 0 aliphatic rings. The summed E-state index contributed by atoms with van der Waals surface area (Å²) in [7, 11) is 1.92. The van der Waals surface area contributed by atoms with E-state index in [1.165, 1.54) is 0 Å². The second-order valence-corrected chi connectivity index (χ2v) is 5.19. The largest absolute Gasteiger partial charge is 0.332 e. The minimum atomic E-state index is 0.893. The van der Waals surface area contributed by atoms with Crippen LogP contribution in [0.3, 0.4) is 0 Å². The minimum absolute atomic E-state index is 0.893. The number of para-hydroxylation sites is 1. The van der Waals surface area contributed by atoms with Gasteiger partial charge in [-0.15, -0.1) is 11.3 Å². The van der Waals surface area contributed by atoms with E-state index in [0.29, 0.717) is 0 Å². The molecule has 0 aliphatic carbocycles. The number of nitrogens with one attached hydrogen (secondary N) is 1. The highest BCUT2D eigenvalue weighted by Crippen LogP contribution is 2.28. The summed E-state index contributed by atoms with van der Waals surface area (Å²) in [4.78, 5) is 4.60. The van der Waals surface area contributed by atoms with Gasteiger partial charge in [-0.05, 0) is 19.1 Å². The molecule has 96 valence electrons. The molecule has 0 aliphatic heterocycles. The van der Waals surface area contributed by atoms with E-state index in [0.717, 1.165) is 27.8 Å². The van der Waals surface area contributed by atoms with E-state index in [4.69, 9.17) is 0 Å². The molecule has 3 aromatic rings. The van der Waals surface area contributed by atoms with Crippen molar-refractivity contribution in [1.82, 2.24) is 14.8 Å². The standard InChI is InChI=1S/C14H14N4S/c1-10-12(8-18(2)17-10)13-9-19-14(16-13)15-11-6-4-3-5-7-11/h3-9H,1-2H3,(H,15,16). The van der Waals surface area contributed by atoms with Gasteiger partial charge in [0.2, 0.25) is 0 Å². The molecule has 5 heteroatoms. The Morgan fingerprint density at radius 3 is 2.68 bits per heavy atom. The molecule has 0 saturated carbocycles. The Kier molecular flexibility index (Phi) is 3.05. The lowest BCUT2D eigenvalue weighted by atomic mass is 10.2. The highest BCUT2D eigenvalue weighted by Gasteiger charge is 2.10. The van der Waals surface area contributed by atoms with Gasteiger partial charge in [0.05, 0.1) is 11.4 Å². The second-order valence-electron chi connectivity index (χ2n) is 4.33. The SMILES string of the molecule is Cc1nn(C)cc1-c1csc(Nc2ccccc2)n1. The normalized spacial score (nSPS) is 10.6. The van der Waals surface area contributed by atoms with Gasteiger partial charge in [-0.2, -0.15) is 5.10 Å². The van der Waals surface area contributed by atoms with Crippen molar-refractivity contribution in [1.29, 1.82) is 0 Å². The smallest absolute Gasteiger partial charge is 0.187 e. The third-order valence-electron chi connectivity index (χ3n) is 2.82. The molecule has 2 heterocycles. The van der Waals surface area contributed by atoms with Crippen molar-refractivity contribution in [3.63, 3.8) is 0 Å². The van der Waals surface area contributed by atoms with Gasteiger partial charge in [-0.25, -0.2) is 4.98 Å². The summed E-state index contributed by atoms with van der Waals surface area (Å²) in [5.74, 6) is 0. The fraction of sp³-hybridized carbons (Fsp3) is 0.143. The van der Waals surface area contributed by atoms with E-state index < -0.39 is 0 Å². The van der Waals surface area contributed by atoms with Crippen LogP contribution in [0.15, 0.2) is 41.9 Å². The molecule has 4 nitrogen and oxygen atoms in total. The summed E-state index contributed by atoms with van der Waals surface area (Å²) in [6.07, 6.45) is 2.00. The Hall–Kier alpha value is -2.14. The number of hydrogen-bond donors (Lipinski definition) is 1. The van der Waals surface area contributed by atoms with Gasteiger partial charge in [0, 0.05) is 29.9 Å². The fourth-order valence-corrected chi connectivity index (χ4v) is 2.68. The number of hydrogen-bond acceptors (Lipinski definition) is 4. The third kappa shape index (κ3) is 2.51. The lowest BCUT2D eigenvalue weighted by Gasteiger charge is -2.00. The Balaban J connectivity index is 1.86. The molecular formula is C14H14N4S. The number of aromatic nitrogens is 3. The third-order valence-corrected chi connectivity index (χ3v) is 3.58. The van der Waals surface area contributed by atoms with Crippen molar-refractivity contribution < 1.29 is 0 Å². The monoisotopic (exact) mass is 270 g/mol. The summed E-state index contributed by atoms with van der Waals surface area (Å²) in [6.45, 7) is 2.00. The molecular weight excluding hydrogens is 256 g/mol. The fourth-order valence-electron chi connectivity index (χ4n) is 1.95. The van der Waals surface area contributed by atoms with Gasteiger partial charge in [-0.1, -0.05) is 18.2 Å². The number of nitrogens with zero attached hydrogens (tertiary/aromatic N) is 3. The maximum Gasteiger partial charge on any atom is 0.187 e. The molecule has 0 amide bonds. The Labute approximate surface area is 115 Å². The molecule has 0 spiro atoms. The molecule has 0 saturated heterocycles. The summed E-state index contributed by atoms with van der Waals surface area (Å²) in [6, 6.07) is 10.1. The molecule has 1 N–H and O–H groups in total. The summed E-state index contributed by atoms with van der Waals surface area (Å²) >= 11 is 1.60. The maximum atomic E-state index is 4.60. The summed E-state index contributed by atoms with van der Waals surface area (Å²) in [5, 5.41) is 10.6. The van der Waals surface area contributed by atoms with Crippen LogP contribution >= 0.6 is 11.3 Å². The predicted octanol–water partition coefficient (Wildman–Crippen LogP) is 3.60. The average molecular weight is 270 g/mol. The number of anilines is 2. The van der Waals surface area contributed by atoms with Crippen LogP contribution in [0.25, 0.3) is 11.3 Å². The Morgan fingerprint density at radius 1 is 1.21 bits per heavy atom. The van der Waals surface area contributed by atoms with Crippen LogP contribution in [0.2, 0.25) is 0 Å². The first kappa shape index (κ1) is 11.9. The highest BCUT2D eigenvalue weighted by atomic mass is 32.1. The van der Waals surface area contributed by atoms with Crippen molar-refractivity contribution in [3.05, 3.63) is 47.6 Å². The van der Waals surface area contributed by atoms with Crippen molar-refractivity contribution in [2.45, 2.75) is 6.92 Å².